The summed E-state index contributed by atoms with van der Waals surface area (Å²) in [6, 6.07) is 15.1. The van der Waals surface area contributed by atoms with Crippen LogP contribution in [0.3, 0.4) is 0 Å². The number of benzene rings is 2. The fourth-order valence-electron chi connectivity index (χ4n) is 1.74. The standard InChI is InChI=1S/C17H15FOS/c18-17-11-14(7-4-10-19)8-9-16(17)13-20-12-15-5-2-1-3-6-15/h1-3,5-6,8-9,11,19H,10,12-13H2. The maximum absolute atomic E-state index is 13.9. The molecule has 0 heterocycles. The van der Waals surface area contributed by atoms with Crippen molar-refractivity contribution in [1.29, 1.82) is 0 Å². The van der Waals surface area contributed by atoms with E-state index >= 15 is 0 Å². The molecule has 102 valence electrons. The zero-order valence-electron chi connectivity index (χ0n) is 11.0. The molecule has 0 atom stereocenters. The van der Waals surface area contributed by atoms with Gasteiger partial charge in [0.2, 0.25) is 0 Å². The van der Waals surface area contributed by atoms with Gasteiger partial charge in [0.1, 0.15) is 12.4 Å². The predicted octanol–water partition coefficient (Wildman–Crippen LogP) is 3.60. The van der Waals surface area contributed by atoms with E-state index in [2.05, 4.69) is 24.0 Å². The van der Waals surface area contributed by atoms with Gasteiger partial charge in [-0.1, -0.05) is 48.2 Å². The average Bonchev–Trinajstić information content (AvgIpc) is 2.48. The second-order valence-corrected chi connectivity index (χ2v) is 5.23. The van der Waals surface area contributed by atoms with Gasteiger partial charge in [-0.2, -0.15) is 11.8 Å². The highest BCUT2D eigenvalue weighted by Gasteiger charge is 2.03. The molecule has 2 aromatic carbocycles. The van der Waals surface area contributed by atoms with Crippen LogP contribution in [0.1, 0.15) is 16.7 Å². The van der Waals surface area contributed by atoms with Crippen LogP contribution in [0, 0.1) is 17.7 Å². The van der Waals surface area contributed by atoms with Gasteiger partial charge in [-0.3, -0.25) is 0 Å². The lowest BCUT2D eigenvalue weighted by Gasteiger charge is -2.04. The molecule has 0 bridgehead atoms. The first-order chi connectivity index (χ1) is 9.79. The van der Waals surface area contributed by atoms with Crippen molar-refractivity contribution < 1.29 is 9.50 Å². The zero-order valence-corrected chi connectivity index (χ0v) is 11.8. The monoisotopic (exact) mass is 286 g/mol. The minimum atomic E-state index is -0.240. The highest BCUT2D eigenvalue weighted by atomic mass is 32.2. The van der Waals surface area contributed by atoms with Crippen molar-refractivity contribution in [3.05, 3.63) is 71.0 Å². The summed E-state index contributed by atoms with van der Waals surface area (Å²) in [6.07, 6.45) is 0. The molecule has 0 saturated heterocycles. The molecule has 0 amide bonds. The van der Waals surface area contributed by atoms with Gasteiger partial charge in [-0.25, -0.2) is 4.39 Å². The number of hydrogen-bond acceptors (Lipinski definition) is 2. The molecule has 2 aromatic rings. The normalized spacial score (nSPS) is 9.90. The van der Waals surface area contributed by atoms with E-state index in [1.54, 1.807) is 23.9 Å². The lowest BCUT2D eigenvalue weighted by Crippen LogP contribution is -1.90. The zero-order chi connectivity index (χ0) is 14.2. The summed E-state index contributed by atoms with van der Waals surface area (Å²) in [6.45, 7) is -0.212. The van der Waals surface area contributed by atoms with Crippen LogP contribution in [-0.4, -0.2) is 11.7 Å². The second kappa shape index (κ2) is 7.74. The molecule has 2 rings (SSSR count). The molecule has 0 spiro atoms. The number of halogens is 1. The summed E-state index contributed by atoms with van der Waals surface area (Å²) in [5.74, 6) is 6.47. The van der Waals surface area contributed by atoms with Gasteiger partial charge >= 0.3 is 0 Å². The molecule has 3 heteroatoms. The molecule has 0 aliphatic rings. The van der Waals surface area contributed by atoms with E-state index in [0.29, 0.717) is 16.9 Å². The number of aliphatic hydroxyl groups excluding tert-OH is 1. The first kappa shape index (κ1) is 14.6. The first-order valence-corrected chi connectivity index (χ1v) is 7.45. The molecule has 1 nitrogen and oxygen atoms in total. The van der Waals surface area contributed by atoms with E-state index in [9.17, 15) is 4.39 Å². The topological polar surface area (TPSA) is 20.2 Å². The first-order valence-electron chi connectivity index (χ1n) is 6.29. The number of rotatable bonds is 4. The van der Waals surface area contributed by atoms with Crippen molar-refractivity contribution in [2.24, 2.45) is 0 Å². The molecule has 0 aliphatic heterocycles. The molecule has 0 fully saturated rings. The van der Waals surface area contributed by atoms with E-state index in [-0.39, 0.29) is 12.4 Å². The Bertz CT molecular complexity index is 614. The highest BCUT2D eigenvalue weighted by Crippen LogP contribution is 2.20. The summed E-state index contributed by atoms with van der Waals surface area (Å²) in [5.41, 5.74) is 2.51. The third kappa shape index (κ3) is 4.41. The highest BCUT2D eigenvalue weighted by molar-refractivity contribution is 7.97. The smallest absolute Gasteiger partial charge is 0.128 e. The minimum absolute atomic E-state index is 0.212. The van der Waals surface area contributed by atoms with Crippen LogP contribution in [0.5, 0.6) is 0 Å². The van der Waals surface area contributed by atoms with Gasteiger partial charge in [0.05, 0.1) is 0 Å². The van der Waals surface area contributed by atoms with Crippen molar-refractivity contribution in [3.8, 4) is 11.8 Å². The van der Waals surface area contributed by atoms with Gasteiger partial charge in [0.15, 0.2) is 0 Å². The van der Waals surface area contributed by atoms with E-state index in [1.807, 2.05) is 18.2 Å². The summed E-state index contributed by atoms with van der Waals surface area (Å²) in [4.78, 5) is 0. The summed E-state index contributed by atoms with van der Waals surface area (Å²) >= 11 is 1.68. The Labute approximate surface area is 122 Å². The fourth-order valence-corrected chi connectivity index (χ4v) is 2.72. The SMILES string of the molecule is OCC#Cc1ccc(CSCc2ccccc2)c(F)c1. The fraction of sp³-hybridized carbons (Fsp3) is 0.176. The molecular weight excluding hydrogens is 271 g/mol. The third-order valence-corrected chi connectivity index (χ3v) is 3.79. The van der Waals surface area contributed by atoms with Crippen LogP contribution in [0.2, 0.25) is 0 Å². The van der Waals surface area contributed by atoms with E-state index in [4.69, 9.17) is 5.11 Å². The Kier molecular flexibility index (Phi) is 5.67. The van der Waals surface area contributed by atoms with Crippen LogP contribution in [-0.2, 0) is 11.5 Å². The van der Waals surface area contributed by atoms with Gasteiger partial charge in [-0.05, 0) is 23.3 Å². The number of hydrogen-bond donors (Lipinski definition) is 1. The maximum atomic E-state index is 13.9. The molecule has 0 aliphatic carbocycles. The van der Waals surface area contributed by atoms with Crippen LogP contribution in [0.15, 0.2) is 48.5 Å². The van der Waals surface area contributed by atoms with Gasteiger partial charge in [0.25, 0.3) is 0 Å². The molecule has 0 aromatic heterocycles. The summed E-state index contributed by atoms with van der Waals surface area (Å²) in [7, 11) is 0. The second-order valence-electron chi connectivity index (χ2n) is 4.24. The Morgan fingerprint density at radius 3 is 2.55 bits per heavy atom. The van der Waals surface area contributed by atoms with E-state index in [0.717, 1.165) is 5.75 Å². The lowest BCUT2D eigenvalue weighted by atomic mass is 10.1. The van der Waals surface area contributed by atoms with Gasteiger partial charge in [-0.15, -0.1) is 0 Å². The summed E-state index contributed by atoms with van der Waals surface area (Å²) in [5, 5.41) is 8.61. The summed E-state index contributed by atoms with van der Waals surface area (Å²) < 4.78 is 13.9. The Balaban J connectivity index is 1.93. The van der Waals surface area contributed by atoms with Crippen LogP contribution in [0.4, 0.5) is 4.39 Å². The Morgan fingerprint density at radius 1 is 1.05 bits per heavy atom. The van der Waals surface area contributed by atoms with Crippen LogP contribution >= 0.6 is 11.8 Å². The molecule has 0 radical (unpaired) electrons. The van der Waals surface area contributed by atoms with Crippen molar-refractivity contribution in [2.75, 3.05) is 6.61 Å². The van der Waals surface area contributed by atoms with Gasteiger partial charge < -0.3 is 5.11 Å². The number of thioether (sulfide) groups is 1. The third-order valence-electron chi connectivity index (χ3n) is 2.73. The van der Waals surface area contributed by atoms with E-state index in [1.165, 1.54) is 11.6 Å². The maximum Gasteiger partial charge on any atom is 0.128 e. The molecular formula is C17H15FOS. The molecule has 0 unspecified atom stereocenters. The Hall–Kier alpha value is -1.76. The largest absolute Gasteiger partial charge is 0.384 e. The van der Waals surface area contributed by atoms with Crippen LogP contribution in [0.25, 0.3) is 0 Å². The molecule has 20 heavy (non-hydrogen) atoms. The van der Waals surface area contributed by atoms with E-state index < -0.39 is 0 Å². The Morgan fingerprint density at radius 2 is 1.85 bits per heavy atom. The minimum Gasteiger partial charge on any atom is -0.384 e. The molecule has 0 saturated carbocycles. The number of aliphatic hydroxyl groups is 1. The predicted molar refractivity (Wildman–Crippen MR) is 81.8 cm³/mol. The van der Waals surface area contributed by atoms with Crippen molar-refractivity contribution >= 4 is 11.8 Å². The van der Waals surface area contributed by atoms with Crippen molar-refractivity contribution in [1.82, 2.24) is 0 Å². The average molecular weight is 286 g/mol. The quantitative estimate of drug-likeness (QED) is 0.867. The molecule has 1 N–H and O–H groups in total. The lowest BCUT2D eigenvalue weighted by molar-refractivity contribution is 0.350. The van der Waals surface area contributed by atoms with Crippen LogP contribution < -0.4 is 0 Å². The van der Waals surface area contributed by atoms with Gasteiger partial charge in [0, 0.05) is 17.1 Å². The van der Waals surface area contributed by atoms with Crippen molar-refractivity contribution in [3.63, 3.8) is 0 Å². The van der Waals surface area contributed by atoms with Crippen molar-refractivity contribution in [2.45, 2.75) is 11.5 Å².